The lowest BCUT2D eigenvalue weighted by Crippen LogP contribution is -1.86. The first-order valence-electron chi connectivity index (χ1n) is 7.80. The molecule has 0 bridgehead atoms. The number of imidazole rings is 1. The number of halogens is 2. The average molecular weight is 369 g/mol. The van der Waals surface area contributed by atoms with E-state index in [4.69, 9.17) is 11.6 Å². The van der Waals surface area contributed by atoms with Gasteiger partial charge in [-0.1, -0.05) is 41.9 Å². The molecule has 0 aliphatic carbocycles. The van der Waals surface area contributed by atoms with Crippen molar-refractivity contribution in [3.05, 3.63) is 89.5 Å². The highest BCUT2D eigenvalue weighted by atomic mass is 35.5. The summed E-state index contributed by atoms with van der Waals surface area (Å²) in [5.74, 6) is 0.618. The Morgan fingerprint density at radius 3 is 2.52 bits per heavy atom. The smallest absolute Gasteiger partial charge is 0.156 e. The van der Waals surface area contributed by atoms with Crippen LogP contribution in [0.1, 0.15) is 5.56 Å². The molecule has 0 unspecified atom stereocenters. The molecule has 0 N–H and O–H groups in total. The summed E-state index contributed by atoms with van der Waals surface area (Å²) in [5, 5.41) is 0.603. The minimum absolute atomic E-state index is 0.259. The minimum atomic E-state index is -0.259. The molecule has 0 aliphatic heterocycles. The Morgan fingerprint density at radius 2 is 1.76 bits per heavy atom. The molecule has 2 aromatic carbocycles. The lowest BCUT2D eigenvalue weighted by atomic mass is 10.2. The molecule has 5 heteroatoms. The van der Waals surface area contributed by atoms with Gasteiger partial charge in [0.1, 0.15) is 5.82 Å². The summed E-state index contributed by atoms with van der Waals surface area (Å²) in [6.45, 7) is 0. The number of aromatic nitrogens is 2. The molecule has 0 saturated heterocycles. The Hall–Kier alpha value is -2.30. The van der Waals surface area contributed by atoms with Gasteiger partial charge in [-0.05, 0) is 35.9 Å². The SMILES string of the molecule is Fc1ccc(-c2cn3cc(SCc4ccccc4)cc(Cl)c3n2)cc1. The van der Waals surface area contributed by atoms with Crippen molar-refractivity contribution in [2.24, 2.45) is 0 Å². The Balaban J connectivity index is 1.63. The molecular weight excluding hydrogens is 355 g/mol. The topological polar surface area (TPSA) is 17.3 Å². The number of hydrogen-bond acceptors (Lipinski definition) is 2. The first kappa shape index (κ1) is 16.2. The summed E-state index contributed by atoms with van der Waals surface area (Å²) in [5.41, 5.74) is 3.60. The van der Waals surface area contributed by atoms with Gasteiger partial charge in [-0.3, -0.25) is 0 Å². The van der Waals surface area contributed by atoms with E-state index in [0.29, 0.717) is 10.7 Å². The zero-order chi connectivity index (χ0) is 17.2. The van der Waals surface area contributed by atoms with Gasteiger partial charge in [0.25, 0.3) is 0 Å². The van der Waals surface area contributed by atoms with Gasteiger partial charge in [0, 0.05) is 28.6 Å². The molecule has 0 fully saturated rings. The third-order valence-electron chi connectivity index (χ3n) is 3.87. The van der Waals surface area contributed by atoms with E-state index in [1.807, 2.05) is 41.1 Å². The summed E-state index contributed by atoms with van der Waals surface area (Å²) in [6, 6.07) is 18.5. The van der Waals surface area contributed by atoms with E-state index in [2.05, 4.69) is 17.1 Å². The van der Waals surface area contributed by atoms with Gasteiger partial charge in [-0.15, -0.1) is 11.8 Å². The van der Waals surface area contributed by atoms with Crippen LogP contribution in [-0.2, 0) is 5.75 Å². The molecule has 2 heterocycles. The molecule has 0 aliphatic rings. The fraction of sp³-hybridized carbons (Fsp3) is 0.0500. The fourth-order valence-electron chi connectivity index (χ4n) is 2.61. The van der Waals surface area contributed by atoms with Crippen LogP contribution in [0.15, 0.2) is 78.0 Å². The molecule has 0 spiro atoms. The maximum atomic E-state index is 13.1. The second-order valence-electron chi connectivity index (χ2n) is 5.66. The van der Waals surface area contributed by atoms with Crippen LogP contribution < -0.4 is 0 Å². The maximum absolute atomic E-state index is 13.1. The second-order valence-corrected chi connectivity index (χ2v) is 7.12. The van der Waals surface area contributed by atoms with Gasteiger partial charge in [0.15, 0.2) is 5.65 Å². The molecule has 4 aromatic rings. The first-order valence-corrected chi connectivity index (χ1v) is 9.16. The lowest BCUT2D eigenvalue weighted by molar-refractivity contribution is 0.628. The van der Waals surface area contributed by atoms with Crippen molar-refractivity contribution in [1.82, 2.24) is 9.38 Å². The van der Waals surface area contributed by atoms with Crippen LogP contribution >= 0.6 is 23.4 Å². The number of hydrogen-bond donors (Lipinski definition) is 0. The van der Waals surface area contributed by atoms with E-state index in [-0.39, 0.29) is 5.82 Å². The van der Waals surface area contributed by atoms with E-state index in [1.165, 1.54) is 17.7 Å². The minimum Gasteiger partial charge on any atom is -0.304 e. The number of pyridine rings is 1. The third kappa shape index (κ3) is 3.55. The Morgan fingerprint density at radius 1 is 1.00 bits per heavy atom. The molecule has 4 rings (SSSR count). The van der Waals surface area contributed by atoms with E-state index < -0.39 is 0 Å². The average Bonchev–Trinajstić information content (AvgIpc) is 3.06. The quantitative estimate of drug-likeness (QED) is 0.406. The third-order valence-corrected chi connectivity index (χ3v) is 5.18. The van der Waals surface area contributed by atoms with E-state index in [1.54, 1.807) is 23.9 Å². The number of thioether (sulfide) groups is 1. The van der Waals surface area contributed by atoms with Crippen LogP contribution in [0, 0.1) is 5.82 Å². The Kier molecular flexibility index (Phi) is 4.47. The van der Waals surface area contributed by atoms with E-state index in [9.17, 15) is 4.39 Å². The van der Waals surface area contributed by atoms with Crippen LogP contribution in [0.3, 0.4) is 0 Å². The molecule has 2 nitrogen and oxygen atoms in total. The second kappa shape index (κ2) is 6.90. The van der Waals surface area contributed by atoms with E-state index in [0.717, 1.165) is 21.9 Å². The predicted molar refractivity (Wildman–Crippen MR) is 102 cm³/mol. The fourth-order valence-corrected chi connectivity index (χ4v) is 3.85. The van der Waals surface area contributed by atoms with Gasteiger partial charge < -0.3 is 4.40 Å². The van der Waals surface area contributed by atoms with Crippen molar-refractivity contribution in [2.75, 3.05) is 0 Å². The standard InChI is InChI=1S/C20H14ClFN2S/c21-18-10-17(25-13-14-4-2-1-3-5-14)11-24-12-19(23-20(18)24)15-6-8-16(22)9-7-15/h1-12H,13H2. The Bertz CT molecular complexity index is 1010. The van der Waals surface area contributed by atoms with Crippen molar-refractivity contribution in [3.8, 4) is 11.3 Å². The summed E-state index contributed by atoms with van der Waals surface area (Å²) in [6.07, 6.45) is 3.94. The predicted octanol–water partition coefficient (Wildman–Crippen LogP) is 6.09. The molecule has 0 saturated carbocycles. The van der Waals surface area contributed by atoms with Crippen molar-refractivity contribution in [3.63, 3.8) is 0 Å². The monoisotopic (exact) mass is 368 g/mol. The highest BCUT2D eigenvalue weighted by molar-refractivity contribution is 7.98. The van der Waals surface area contributed by atoms with Gasteiger partial charge in [-0.25, -0.2) is 9.37 Å². The van der Waals surface area contributed by atoms with Crippen LogP contribution in [0.25, 0.3) is 16.9 Å². The zero-order valence-corrected chi connectivity index (χ0v) is 14.8. The van der Waals surface area contributed by atoms with Crippen molar-refractivity contribution >= 4 is 29.0 Å². The van der Waals surface area contributed by atoms with Crippen LogP contribution in [-0.4, -0.2) is 9.38 Å². The number of benzene rings is 2. The number of nitrogens with zero attached hydrogens (tertiary/aromatic N) is 2. The zero-order valence-electron chi connectivity index (χ0n) is 13.2. The van der Waals surface area contributed by atoms with Gasteiger partial charge in [0.2, 0.25) is 0 Å². The molecule has 0 atom stereocenters. The van der Waals surface area contributed by atoms with Crippen LogP contribution in [0.4, 0.5) is 4.39 Å². The van der Waals surface area contributed by atoms with Crippen LogP contribution in [0.5, 0.6) is 0 Å². The summed E-state index contributed by atoms with van der Waals surface area (Å²) >= 11 is 8.14. The van der Waals surface area contributed by atoms with Gasteiger partial charge in [-0.2, -0.15) is 0 Å². The van der Waals surface area contributed by atoms with Crippen molar-refractivity contribution in [2.45, 2.75) is 10.6 Å². The van der Waals surface area contributed by atoms with Crippen LogP contribution in [0.2, 0.25) is 5.02 Å². The molecule has 2 aromatic heterocycles. The maximum Gasteiger partial charge on any atom is 0.156 e. The highest BCUT2D eigenvalue weighted by Crippen LogP contribution is 2.29. The Labute approximate surface area is 154 Å². The van der Waals surface area contributed by atoms with Crippen molar-refractivity contribution in [1.29, 1.82) is 0 Å². The number of rotatable bonds is 4. The molecule has 0 radical (unpaired) electrons. The molecular formula is C20H14ClFN2S. The highest BCUT2D eigenvalue weighted by Gasteiger charge is 2.09. The summed E-state index contributed by atoms with van der Waals surface area (Å²) < 4.78 is 15.0. The summed E-state index contributed by atoms with van der Waals surface area (Å²) in [4.78, 5) is 5.64. The normalized spacial score (nSPS) is 11.1. The van der Waals surface area contributed by atoms with E-state index >= 15 is 0 Å². The lowest BCUT2D eigenvalue weighted by Gasteiger charge is -2.04. The van der Waals surface area contributed by atoms with Gasteiger partial charge in [0.05, 0.1) is 10.7 Å². The first-order chi connectivity index (χ1) is 12.2. The molecule has 25 heavy (non-hydrogen) atoms. The number of fused-ring (bicyclic) bond motifs is 1. The van der Waals surface area contributed by atoms with Gasteiger partial charge >= 0.3 is 0 Å². The van der Waals surface area contributed by atoms with Crippen molar-refractivity contribution < 1.29 is 4.39 Å². The molecule has 124 valence electrons. The molecule has 0 amide bonds. The summed E-state index contributed by atoms with van der Waals surface area (Å²) in [7, 11) is 0. The largest absolute Gasteiger partial charge is 0.304 e.